The van der Waals surface area contributed by atoms with Crippen LogP contribution in [0, 0.1) is 5.92 Å². The molecule has 4 heteroatoms. The molecular formula is C21H21ClN2O. The van der Waals surface area contributed by atoms with Crippen LogP contribution in [0.25, 0.3) is 10.9 Å². The lowest BCUT2D eigenvalue weighted by Gasteiger charge is -2.43. The molecule has 5 rings (SSSR count). The summed E-state index contributed by atoms with van der Waals surface area (Å²) in [5.41, 5.74) is 5.01. The van der Waals surface area contributed by atoms with Crippen LogP contribution in [-0.2, 0) is 12.0 Å². The molecule has 3 aromatic rings. The van der Waals surface area contributed by atoms with Crippen LogP contribution in [0.1, 0.15) is 31.1 Å². The van der Waals surface area contributed by atoms with E-state index in [0.29, 0.717) is 5.92 Å². The molecule has 128 valence electrons. The third kappa shape index (κ3) is 1.87. The molecule has 0 saturated heterocycles. The molecule has 0 bridgehead atoms. The van der Waals surface area contributed by atoms with Gasteiger partial charge in [-0.15, -0.1) is 0 Å². The Bertz CT molecular complexity index is 1000. The van der Waals surface area contributed by atoms with Crippen LogP contribution in [0.3, 0.4) is 0 Å². The van der Waals surface area contributed by atoms with Gasteiger partial charge >= 0.3 is 0 Å². The number of hydrogen-bond donors (Lipinski definition) is 1. The number of halogens is 1. The number of aromatic nitrogens is 1. The van der Waals surface area contributed by atoms with Crippen molar-refractivity contribution in [3.8, 4) is 5.75 Å². The number of nitrogens with one attached hydrogen (secondary N) is 1. The number of hydrogen-bond acceptors (Lipinski definition) is 2. The predicted octanol–water partition coefficient (Wildman–Crippen LogP) is 5.38. The summed E-state index contributed by atoms with van der Waals surface area (Å²) in [6, 6.07) is 15.0. The van der Waals surface area contributed by atoms with Crippen molar-refractivity contribution in [2.24, 2.45) is 5.92 Å². The monoisotopic (exact) mass is 352 g/mol. The molecule has 2 aliphatic heterocycles. The number of methoxy groups -OCH3 is 1. The summed E-state index contributed by atoms with van der Waals surface area (Å²) in [5.74, 6) is 1.34. The molecule has 2 atom stereocenters. The van der Waals surface area contributed by atoms with Gasteiger partial charge in [-0.1, -0.05) is 49.7 Å². The quantitative estimate of drug-likeness (QED) is 0.636. The van der Waals surface area contributed by atoms with Gasteiger partial charge in [-0.3, -0.25) is 0 Å². The molecule has 2 aliphatic rings. The summed E-state index contributed by atoms with van der Waals surface area (Å²) in [4.78, 5) is 0. The Hall–Kier alpha value is -2.13. The van der Waals surface area contributed by atoms with Gasteiger partial charge in [-0.2, -0.15) is 0 Å². The van der Waals surface area contributed by atoms with Gasteiger partial charge in [0.2, 0.25) is 0 Å². The van der Waals surface area contributed by atoms with Crippen LogP contribution in [0.5, 0.6) is 5.75 Å². The maximum Gasteiger partial charge on any atom is 0.120 e. The van der Waals surface area contributed by atoms with Crippen molar-refractivity contribution >= 4 is 28.2 Å². The summed E-state index contributed by atoms with van der Waals surface area (Å²) in [6.45, 7) is 5.68. The molecule has 0 saturated carbocycles. The average molecular weight is 353 g/mol. The summed E-state index contributed by atoms with van der Waals surface area (Å²) in [6.07, 6.45) is 0. The van der Waals surface area contributed by atoms with E-state index in [1.165, 1.54) is 16.8 Å². The molecular weight excluding hydrogens is 332 g/mol. The topological polar surface area (TPSA) is 26.2 Å². The van der Waals surface area contributed by atoms with E-state index in [1.807, 2.05) is 0 Å². The van der Waals surface area contributed by atoms with Gasteiger partial charge in [0, 0.05) is 35.1 Å². The Labute approximate surface area is 152 Å². The molecule has 3 heterocycles. The molecule has 0 radical (unpaired) electrons. The van der Waals surface area contributed by atoms with Crippen molar-refractivity contribution < 1.29 is 4.74 Å². The largest absolute Gasteiger partial charge is 0.497 e. The van der Waals surface area contributed by atoms with E-state index in [4.69, 9.17) is 16.3 Å². The fourth-order valence-electron chi connectivity index (χ4n) is 4.79. The number of rotatable bonds is 1. The van der Waals surface area contributed by atoms with Gasteiger partial charge in [0.15, 0.2) is 0 Å². The van der Waals surface area contributed by atoms with E-state index >= 15 is 0 Å². The molecule has 0 spiro atoms. The van der Waals surface area contributed by atoms with Crippen molar-refractivity contribution in [2.75, 3.05) is 12.4 Å². The maximum absolute atomic E-state index is 6.82. The highest BCUT2D eigenvalue weighted by Crippen LogP contribution is 2.55. The summed E-state index contributed by atoms with van der Waals surface area (Å²) < 4.78 is 7.84. The Balaban J connectivity index is 1.72. The Morgan fingerprint density at radius 3 is 2.80 bits per heavy atom. The highest BCUT2D eigenvalue weighted by Gasteiger charge is 2.49. The predicted molar refractivity (Wildman–Crippen MR) is 103 cm³/mol. The van der Waals surface area contributed by atoms with Gasteiger partial charge in [0.1, 0.15) is 5.75 Å². The Morgan fingerprint density at radius 2 is 2.00 bits per heavy atom. The minimum Gasteiger partial charge on any atom is -0.497 e. The second-order valence-corrected chi connectivity index (χ2v) is 8.07. The molecule has 25 heavy (non-hydrogen) atoms. The standard InChI is InChI=1S/C21H21ClN2O/c1-21(2)14-9-8-12(25-3)10-16(14)23-19-15(21)11-24-17-7-5-4-6-13(17)18(22)20(19)24/h4-10,15,19,23H,11H2,1-3H3/t15-,19-/m1/s1. The molecule has 0 unspecified atom stereocenters. The lowest BCUT2D eigenvalue weighted by atomic mass is 9.67. The summed E-state index contributed by atoms with van der Waals surface area (Å²) in [5, 5.41) is 5.80. The van der Waals surface area contributed by atoms with E-state index in [2.05, 4.69) is 66.2 Å². The third-order valence-electron chi connectivity index (χ3n) is 6.18. The highest BCUT2D eigenvalue weighted by molar-refractivity contribution is 6.36. The van der Waals surface area contributed by atoms with Crippen LogP contribution in [0.4, 0.5) is 5.69 Å². The summed E-state index contributed by atoms with van der Waals surface area (Å²) in [7, 11) is 1.71. The zero-order valence-corrected chi connectivity index (χ0v) is 15.4. The minimum atomic E-state index is 0.0565. The lowest BCUT2D eigenvalue weighted by Crippen LogP contribution is -2.39. The normalized spacial score (nSPS) is 22.9. The van der Waals surface area contributed by atoms with E-state index < -0.39 is 0 Å². The minimum absolute atomic E-state index is 0.0565. The van der Waals surface area contributed by atoms with Crippen LogP contribution in [0.15, 0.2) is 42.5 Å². The number of para-hydroxylation sites is 1. The fraction of sp³-hybridized carbons (Fsp3) is 0.333. The number of benzene rings is 2. The Kier molecular flexibility index (Phi) is 3.00. The smallest absolute Gasteiger partial charge is 0.120 e. The zero-order chi connectivity index (χ0) is 17.3. The molecule has 1 N–H and O–H groups in total. The molecule has 2 aromatic carbocycles. The van der Waals surface area contributed by atoms with Crippen LogP contribution in [0.2, 0.25) is 5.02 Å². The Morgan fingerprint density at radius 1 is 1.20 bits per heavy atom. The highest BCUT2D eigenvalue weighted by atomic mass is 35.5. The van der Waals surface area contributed by atoms with E-state index in [9.17, 15) is 0 Å². The van der Waals surface area contributed by atoms with Gasteiger partial charge in [0.25, 0.3) is 0 Å². The van der Waals surface area contributed by atoms with Crippen LogP contribution >= 0.6 is 11.6 Å². The number of anilines is 1. The van der Waals surface area contributed by atoms with Crippen LogP contribution in [-0.4, -0.2) is 11.7 Å². The lowest BCUT2D eigenvalue weighted by molar-refractivity contribution is 0.274. The summed E-state index contributed by atoms with van der Waals surface area (Å²) >= 11 is 6.82. The van der Waals surface area contributed by atoms with Gasteiger partial charge < -0.3 is 14.6 Å². The first-order chi connectivity index (χ1) is 12.0. The fourth-order valence-corrected chi connectivity index (χ4v) is 5.17. The zero-order valence-electron chi connectivity index (χ0n) is 14.6. The molecule has 3 nitrogen and oxygen atoms in total. The van der Waals surface area contributed by atoms with Crippen molar-refractivity contribution in [1.82, 2.24) is 4.57 Å². The first kappa shape index (κ1) is 15.2. The second-order valence-electron chi connectivity index (χ2n) is 7.69. The number of ether oxygens (including phenoxy) is 1. The van der Waals surface area contributed by atoms with Gasteiger partial charge in [0.05, 0.1) is 23.9 Å². The molecule has 0 amide bonds. The van der Waals surface area contributed by atoms with Crippen molar-refractivity contribution in [3.05, 3.63) is 58.7 Å². The molecule has 1 aromatic heterocycles. The number of nitrogens with zero attached hydrogens (tertiary/aromatic N) is 1. The van der Waals surface area contributed by atoms with Gasteiger partial charge in [-0.05, 0) is 23.1 Å². The van der Waals surface area contributed by atoms with E-state index in [1.54, 1.807) is 7.11 Å². The number of fused-ring (bicyclic) bond motifs is 6. The van der Waals surface area contributed by atoms with Crippen molar-refractivity contribution in [2.45, 2.75) is 31.8 Å². The van der Waals surface area contributed by atoms with Crippen LogP contribution < -0.4 is 10.1 Å². The van der Waals surface area contributed by atoms with Gasteiger partial charge in [-0.25, -0.2) is 0 Å². The average Bonchev–Trinajstić information content (AvgIpc) is 3.12. The van der Waals surface area contributed by atoms with E-state index in [-0.39, 0.29) is 11.5 Å². The SMILES string of the molecule is COc1ccc2c(c1)N[C@H]1c3c(Cl)c4ccccc4n3C[C@H]1C2(C)C. The molecule has 0 fully saturated rings. The van der Waals surface area contributed by atoms with Crippen molar-refractivity contribution in [3.63, 3.8) is 0 Å². The first-order valence-corrected chi connectivity index (χ1v) is 9.12. The first-order valence-electron chi connectivity index (χ1n) is 8.74. The van der Waals surface area contributed by atoms with E-state index in [0.717, 1.165) is 28.4 Å². The maximum atomic E-state index is 6.82. The molecule has 0 aliphatic carbocycles. The second kappa shape index (κ2) is 4.95. The van der Waals surface area contributed by atoms with Crippen molar-refractivity contribution in [1.29, 1.82) is 0 Å². The third-order valence-corrected chi connectivity index (χ3v) is 6.58.